The van der Waals surface area contributed by atoms with Crippen LogP contribution in [-0.4, -0.2) is 19.9 Å². The molecule has 0 fully saturated rings. The van der Waals surface area contributed by atoms with Gasteiger partial charge in [-0.15, -0.1) is 11.3 Å². The summed E-state index contributed by atoms with van der Waals surface area (Å²) < 4.78 is 7.26. The molecule has 56 heavy (non-hydrogen) atoms. The van der Waals surface area contributed by atoms with E-state index in [9.17, 15) is 0 Å². The number of aromatic nitrogens is 4. The molecule has 3 aromatic heterocycles. The predicted molar refractivity (Wildman–Crippen MR) is 230 cm³/mol. The molecule has 0 spiro atoms. The minimum absolute atomic E-state index is 0.609. The van der Waals surface area contributed by atoms with Gasteiger partial charge in [-0.3, -0.25) is 0 Å². The van der Waals surface area contributed by atoms with Crippen LogP contribution in [0.5, 0.6) is 0 Å². The van der Waals surface area contributed by atoms with Gasteiger partial charge in [-0.2, -0.15) is 0 Å². The van der Waals surface area contributed by atoms with Gasteiger partial charge in [0.2, 0.25) is 0 Å². The van der Waals surface area contributed by atoms with E-state index < -0.39 is 0 Å². The zero-order valence-corrected chi connectivity index (χ0v) is 30.7. The fourth-order valence-electron chi connectivity index (χ4n) is 7.57. The zero-order chi connectivity index (χ0) is 37.0. The Bertz CT molecular complexity index is 3220. The Labute approximate surface area is 326 Å². The van der Waals surface area contributed by atoms with E-state index in [0.717, 1.165) is 76.1 Å². The summed E-state index contributed by atoms with van der Waals surface area (Å²) in [4.78, 5) is 20.3. The highest BCUT2D eigenvalue weighted by Gasteiger charge is 2.17. The SMILES string of the molecule is c1ccc(-c2ccc(-c3nc(-c4ccc(-c5nc6c(ccc7oc8ccccc8c76)s5)cc4)nc(-c4ccc(-c5cccc6ccccc56)cc4)n3)cc2)cc1. The molecule has 6 heteroatoms. The molecule has 3 heterocycles. The number of nitrogens with zero attached hydrogens (tertiary/aromatic N) is 4. The largest absolute Gasteiger partial charge is 0.456 e. The third-order valence-electron chi connectivity index (χ3n) is 10.4. The smallest absolute Gasteiger partial charge is 0.164 e. The topological polar surface area (TPSA) is 64.7 Å². The standard InChI is InChI=1S/C50H30N4OS/c1-2-9-31(10-3-1)32-17-21-35(22-18-32)47-52-48(36-23-19-34(20-24-36)40-15-8-12-33-11-4-5-13-39(33)40)54-49(53-47)37-25-27-38(28-26-37)50-51-46-44(56-50)30-29-43-45(46)41-14-6-7-16-42(41)55-43/h1-30H. The number of hydrogen-bond acceptors (Lipinski definition) is 6. The van der Waals surface area contributed by atoms with Gasteiger partial charge in [-0.25, -0.2) is 19.9 Å². The van der Waals surface area contributed by atoms with Crippen LogP contribution in [-0.2, 0) is 0 Å². The number of rotatable bonds is 6. The molecule has 0 amide bonds. The van der Waals surface area contributed by atoms with Crippen LogP contribution in [0.3, 0.4) is 0 Å². The maximum absolute atomic E-state index is 6.14. The fourth-order valence-corrected chi connectivity index (χ4v) is 8.55. The Hall–Kier alpha value is -7.28. The van der Waals surface area contributed by atoms with Crippen LogP contribution in [0.4, 0.5) is 0 Å². The lowest BCUT2D eigenvalue weighted by molar-refractivity contribution is 0.669. The molecule has 0 unspecified atom stereocenters. The summed E-state index contributed by atoms with van der Waals surface area (Å²) in [5.74, 6) is 1.85. The second kappa shape index (κ2) is 13.2. The first-order chi connectivity index (χ1) is 27.7. The van der Waals surface area contributed by atoms with E-state index in [4.69, 9.17) is 24.4 Å². The Balaban J connectivity index is 0.980. The van der Waals surface area contributed by atoms with Crippen molar-refractivity contribution in [3.05, 3.63) is 182 Å². The van der Waals surface area contributed by atoms with E-state index >= 15 is 0 Å². The van der Waals surface area contributed by atoms with Crippen LogP contribution in [0, 0.1) is 0 Å². The Morgan fingerprint density at radius 2 is 0.893 bits per heavy atom. The summed E-state index contributed by atoms with van der Waals surface area (Å²) in [7, 11) is 0. The molecule has 0 aliphatic rings. The van der Waals surface area contributed by atoms with E-state index in [2.05, 4.69) is 152 Å². The van der Waals surface area contributed by atoms with Crippen LogP contribution in [0.25, 0.3) is 110 Å². The fraction of sp³-hybridized carbons (Fsp3) is 0. The summed E-state index contributed by atoms with van der Waals surface area (Å²) in [6.07, 6.45) is 0. The molecule has 8 aromatic carbocycles. The van der Waals surface area contributed by atoms with Gasteiger partial charge in [0.1, 0.15) is 16.2 Å². The molecule has 11 aromatic rings. The lowest BCUT2D eigenvalue weighted by atomic mass is 9.97. The van der Waals surface area contributed by atoms with Gasteiger partial charge >= 0.3 is 0 Å². The number of fused-ring (bicyclic) bond motifs is 6. The van der Waals surface area contributed by atoms with Gasteiger partial charge in [0.15, 0.2) is 17.5 Å². The molecular formula is C50H30N4OS. The molecule has 0 radical (unpaired) electrons. The van der Waals surface area contributed by atoms with Crippen molar-refractivity contribution >= 4 is 54.3 Å². The summed E-state index contributed by atoms with van der Waals surface area (Å²) in [5, 5.41) is 5.54. The molecule has 11 rings (SSSR count). The quantitative estimate of drug-likeness (QED) is 0.170. The first kappa shape index (κ1) is 32.2. The van der Waals surface area contributed by atoms with Crippen LogP contribution in [0.1, 0.15) is 0 Å². The molecule has 0 saturated heterocycles. The molecular weight excluding hydrogens is 705 g/mol. The minimum Gasteiger partial charge on any atom is -0.456 e. The number of para-hydroxylation sites is 1. The van der Waals surface area contributed by atoms with Gasteiger partial charge in [-0.05, 0) is 51.2 Å². The van der Waals surface area contributed by atoms with Crippen molar-refractivity contribution in [2.75, 3.05) is 0 Å². The van der Waals surface area contributed by atoms with Crippen molar-refractivity contribution < 1.29 is 4.42 Å². The predicted octanol–water partition coefficient (Wildman–Crippen LogP) is 13.5. The molecule has 0 atom stereocenters. The first-order valence-electron chi connectivity index (χ1n) is 18.5. The number of benzene rings is 8. The summed E-state index contributed by atoms with van der Waals surface area (Å²) in [6.45, 7) is 0. The average molecular weight is 735 g/mol. The van der Waals surface area contributed by atoms with Crippen LogP contribution < -0.4 is 0 Å². The minimum atomic E-state index is 0.609. The Morgan fingerprint density at radius 1 is 0.357 bits per heavy atom. The van der Waals surface area contributed by atoms with Gasteiger partial charge in [0.25, 0.3) is 0 Å². The van der Waals surface area contributed by atoms with Crippen molar-refractivity contribution in [1.82, 2.24) is 19.9 Å². The third kappa shape index (κ3) is 5.63. The third-order valence-corrected chi connectivity index (χ3v) is 11.5. The highest BCUT2D eigenvalue weighted by atomic mass is 32.1. The van der Waals surface area contributed by atoms with Gasteiger partial charge in [-0.1, -0.05) is 164 Å². The van der Waals surface area contributed by atoms with Gasteiger partial charge in [0, 0.05) is 27.6 Å². The second-order valence-corrected chi connectivity index (χ2v) is 14.9. The normalized spacial score (nSPS) is 11.6. The Morgan fingerprint density at radius 3 is 1.59 bits per heavy atom. The molecule has 0 N–H and O–H groups in total. The maximum atomic E-state index is 6.14. The molecule has 5 nitrogen and oxygen atoms in total. The van der Waals surface area contributed by atoms with E-state index in [1.165, 1.54) is 16.3 Å². The van der Waals surface area contributed by atoms with E-state index in [1.807, 2.05) is 30.3 Å². The Kier molecular flexibility index (Phi) is 7.60. The van der Waals surface area contributed by atoms with E-state index in [1.54, 1.807) is 11.3 Å². The lowest BCUT2D eigenvalue weighted by Gasteiger charge is -2.11. The summed E-state index contributed by atoms with van der Waals surface area (Å²) >= 11 is 1.68. The zero-order valence-electron chi connectivity index (χ0n) is 29.9. The monoisotopic (exact) mass is 734 g/mol. The second-order valence-electron chi connectivity index (χ2n) is 13.8. The highest BCUT2D eigenvalue weighted by Crippen LogP contribution is 2.39. The van der Waals surface area contributed by atoms with E-state index in [0.29, 0.717) is 17.5 Å². The molecule has 0 aliphatic carbocycles. The molecule has 0 saturated carbocycles. The highest BCUT2D eigenvalue weighted by molar-refractivity contribution is 7.21. The molecule has 0 aliphatic heterocycles. The lowest BCUT2D eigenvalue weighted by Crippen LogP contribution is -2.00. The van der Waals surface area contributed by atoms with Crippen molar-refractivity contribution in [1.29, 1.82) is 0 Å². The van der Waals surface area contributed by atoms with Crippen LogP contribution in [0.2, 0.25) is 0 Å². The number of hydrogen-bond donors (Lipinski definition) is 0. The summed E-state index contributed by atoms with van der Waals surface area (Å²) in [6, 6.07) is 62.9. The number of furan rings is 1. The first-order valence-corrected chi connectivity index (χ1v) is 19.4. The van der Waals surface area contributed by atoms with Gasteiger partial charge < -0.3 is 4.42 Å². The van der Waals surface area contributed by atoms with E-state index in [-0.39, 0.29) is 0 Å². The van der Waals surface area contributed by atoms with Crippen LogP contribution in [0.15, 0.2) is 186 Å². The number of thiazole rings is 1. The summed E-state index contributed by atoms with van der Waals surface area (Å²) in [5.41, 5.74) is 11.1. The maximum Gasteiger partial charge on any atom is 0.164 e. The van der Waals surface area contributed by atoms with Crippen LogP contribution >= 0.6 is 11.3 Å². The van der Waals surface area contributed by atoms with Crippen molar-refractivity contribution in [2.45, 2.75) is 0 Å². The average Bonchev–Trinajstić information content (AvgIpc) is 3.89. The van der Waals surface area contributed by atoms with Crippen molar-refractivity contribution in [3.63, 3.8) is 0 Å². The van der Waals surface area contributed by atoms with Gasteiger partial charge in [0.05, 0.1) is 15.6 Å². The van der Waals surface area contributed by atoms with Crippen molar-refractivity contribution in [2.24, 2.45) is 0 Å². The molecule has 262 valence electrons. The molecule has 0 bridgehead atoms. The van der Waals surface area contributed by atoms with Crippen molar-refractivity contribution in [3.8, 4) is 67.0 Å².